The second kappa shape index (κ2) is 7.35. The number of nitrogens with zero attached hydrogens (tertiary/aromatic N) is 2. The molecule has 2 atom stereocenters. The quantitative estimate of drug-likeness (QED) is 0.872. The molecule has 3 N–H and O–H groups in total. The minimum atomic E-state index is -0.447. The molecule has 1 aromatic rings. The fraction of sp³-hybridized carbons (Fsp3) is 0.526. The number of nitrogens with one attached hydrogen (secondary N) is 1. The second-order valence-electron chi connectivity index (χ2n) is 7.07. The number of piperidine rings is 1. The zero-order valence-corrected chi connectivity index (χ0v) is 14.9. The second-order valence-corrected chi connectivity index (χ2v) is 7.07. The summed E-state index contributed by atoms with van der Waals surface area (Å²) in [6, 6.07) is 5.28. The third-order valence-electron chi connectivity index (χ3n) is 5.19. The predicted molar refractivity (Wildman–Crippen MR) is 98.2 cm³/mol. The van der Waals surface area contributed by atoms with Gasteiger partial charge in [0.05, 0.1) is 11.7 Å². The maximum absolute atomic E-state index is 12.5. The first-order valence-corrected chi connectivity index (χ1v) is 8.96. The van der Waals surface area contributed by atoms with Crippen LogP contribution in [-0.2, 0) is 11.2 Å². The molecular weight excluding hydrogens is 316 g/mol. The Bertz CT molecular complexity index is 691. The van der Waals surface area contributed by atoms with Gasteiger partial charge in [0.2, 0.25) is 5.91 Å². The van der Waals surface area contributed by atoms with Crippen LogP contribution in [0.25, 0.3) is 0 Å². The number of carbonyl (C=O) groups excluding carboxylic acids is 2. The van der Waals surface area contributed by atoms with Crippen LogP contribution >= 0.6 is 0 Å². The van der Waals surface area contributed by atoms with E-state index in [4.69, 9.17) is 5.73 Å². The summed E-state index contributed by atoms with van der Waals surface area (Å²) < 4.78 is 0. The summed E-state index contributed by atoms with van der Waals surface area (Å²) in [5.74, 6) is 0.339. The molecule has 0 saturated carbocycles. The lowest BCUT2D eigenvalue weighted by Gasteiger charge is -2.35. The van der Waals surface area contributed by atoms with Crippen LogP contribution in [0.15, 0.2) is 23.2 Å². The van der Waals surface area contributed by atoms with E-state index in [1.807, 2.05) is 36.2 Å². The van der Waals surface area contributed by atoms with Gasteiger partial charge in [0, 0.05) is 37.3 Å². The summed E-state index contributed by atoms with van der Waals surface area (Å²) in [6.07, 6.45) is 4.43. The summed E-state index contributed by atoms with van der Waals surface area (Å²) in [5, 5.41) is 3.12. The zero-order chi connectivity index (χ0) is 18.0. The van der Waals surface area contributed by atoms with Crippen molar-refractivity contribution in [1.29, 1.82) is 0 Å². The van der Waals surface area contributed by atoms with Crippen molar-refractivity contribution in [1.82, 2.24) is 10.2 Å². The molecule has 1 aromatic carbocycles. The van der Waals surface area contributed by atoms with Gasteiger partial charge in [0.25, 0.3) is 5.91 Å². The number of nitrogens with two attached hydrogens (primary N) is 1. The van der Waals surface area contributed by atoms with Crippen LogP contribution in [0, 0.1) is 5.92 Å². The Balaban J connectivity index is 1.53. The number of carbonyl (C=O) groups is 2. The number of aliphatic imine (C=N–C) groups is 1. The Morgan fingerprint density at radius 1 is 1.28 bits per heavy atom. The largest absolute Gasteiger partial charge is 0.349 e. The van der Waals surface area contributed by atoms with Gasteiger partial charge in [-0.3, -0.25) is 14.6 Å². The van der Waals surface area contributed by atoms with Crippen LogP contribution in [0.4, 0.5) is 5.69 Å². The van der Waals surface area contributed by atoms with Crippen molar-refractivity contribution in [2.45, 2.75) is 45.2 Å². The highest BCUT2D eigenvalue weighted by molar-refractivity contribution is 5.95. The average molecular weight is 342 g/mol. The highest BCUT2D eigenvalue weighted by Crippen LogP contribution is 2.25. The number of fused-ring (bicyclic) bond motifs is 1. The fourth-order valence-electron chi connectivity index (χ4n) is 3.57. The molecule has 1 saturated heterocycles. The Labute approximate surface area is 148 Å². The summed E-state index contributed by atoms with van der Waals surface area (Å²) in [4.78, 5) is 30.6. The molecule has 2 heterocycles. The van der Waals surface area contributed by atoms with E-state index >= 15 is 0 Å². The molecule has 0 bridgehead atoms. The lowest BCUT2D eigenvalue weighted by Crippen LogP contribution is -2.49. The molecule has 6 nitrogen and oxygen atoms in total. The number of benzene rings is 1. The molecule has 0 radical (unpaired) electrons. The van der Waals surface area contributed by atoms with E-state index < -0.39 is 6.04 Å². The Kier molecular flexibility index (Phi) is 5.18. The molecule has 2 aliphatic rings. The number of hydrogen-bond donors (Lipinski definition) is 2. The molecule has 25 heavy (non-hydrogen) atoms. The fourth-order valence-corrected chi connectivity index (χ4v) is 3.57. The Hall–Kier alpha value is -2.21. The van der Waals surface area contributed by atoms with Crippen molar-refractivity contribution >= 4 is 23.7 Å². The molecule has 2 aliphatic heterocycles. The van der Waals surface area contributed by atoms with Gasteiger partial charge in [-0.25, -0.2) is 0 Å². The molecule has 3 rings (SSSR count). The summed E-state index contributed by atoms with van der Waals surface area (Å²) >= 11 is 0. The van der Waals surface area contributed by atoms with E-state index in [9.17, 15) is 9.59 Å². The summed E-state index contributed by atoms with van der Waals surface area (Å²) in [6.45, 7) is 5.18. The molecule has 1 fully saturated rings. The molecular formula is C19H26N4O2. The van der Waals surface area contributed by atoms with E-state index in [1.165, 1.54) is 0 Å². The van der Waals surface area contributed by atoms with Gasteiger partial charge in [-0.05, 0) is 56.4 Å². The Morgan fingerprint density at radius 2 is 2.00 bits per heavy atom. The first-order chi connectivity index (χ1) is 12.0. The van der Waals surface area contributed by atoms with E-state index in [-0.39, 0.29) is 17.9 Å². The van der Waals surface area contributed by atoms with Crippen LogP contribution in [0.3, 0.4) is 0 Å². The van der Waals surface area contributed by atoms with Crippen LogP contribution in [0.5, 0.6) is 0 Å². The van der Waals surface area contributed by atoms with Crippen LogP contribution < -0.4 is 11.1 Å². The first kappa shape index (κ1) is 17.6. The molecule has 0 aliphatic carbocycles. The maximum atomic E-state index is 12.5. The molecule has 6 heteroatoms. The van der Waals surface area contributed by atoms with Crippen molar-refractivity contribution in [3.8, 4) is 0 Å². The third kappa shape index (κ3) is 3.90. The third-order valence-corrected chi connectivity index (χ3v) is 5.19. The first-order valence-electron chi connectivity index (χ1n) is 8.96. The van der Waals surface area contributed by atoms with E-state index in [2.05, 4.69) is 10.3 Å². The highest BCUT2D eigenvalue weighted by Gasteiger charge is 2.28. The van der Waals surface area contributed by atoms with Gasteiger partial charge in [-0.2, -0.15) is 0 Å². The molecule has 0 spiro atoms. The SMILES string of the molecule is CC(NC(=O)c1ccc2c(c1)CC=N2)C1CCN(C(=O)[C@H](C)N)CC1. The number of likely N-dealkylation sites (tertiary alicyclic amines) is 1. The number of amides is 2. The minimum Gasteiger partial charge on any atom is -0.349 e. The summed E-state index contributed by atoms with van der Waals surface area (Å²) in [7, 11) is 0. The lowest BCUT2D eigenvalue weighted by atomic mass is 9.90. The standard InChI is InChI=1S/C19H26N4O2/c1-12(20)19(25)23-9-6-14(7-10-23)13(2)22-18(24)16-3-4-17-15(11-16)5-8-21-17/h3-4,8,11-14H,5-7,9-10,20H2,1-2H3,(H,22,24)/t12-,13?/m0/s1. The normalized spacial score (nSPS) is 19.4. The van der Waals surface area contributed by atoms with Crippen molar-refractivity contribution in [2.75, 3.05) is 13.1 Å². The van der Waals surface area contributed by atoms with Gasteiger partial charge < -0.3 is 16.0 Å². The highest BCUT2D eigenvalue weighted by atomic mass is 16.2. The van der Waals surface area contributed by atoms with Crippen LogP contribution in [0.1, 0.15) is 42.6 Å². The number of hydrogen-bond acceptors (Lipinski definition) is 4. The molecule has 0 aromatic heterocycles. The average Bonchev–Trinajstić information content (AvgIpc) is 3.08. The van der Waals surface area contributed by atoms with Gasteiger partial charge in [0.1, 0.15) is 0 Å². The van der Waals surface area contributed by atoms with Crippen molar-refractivity contribution in [3.63, 3.8) is 0 Å². The topological polar surface area (TPSA) is 87.8 Å². The zero-order valence-electron chi connectivity index (χ0n) is 14.9. The smallest absolute Gasteiger partial charge is 0.251 e. The van der Waals surface area contributed by atoms with Crippen LogP contribution in [0.2, 0.25) is 0 Å². The van der Waals surface area contributed by atoms with E-state index in [0.717, 1.165) is 30.5 Å². The van der Waals surface area contributed by atoms with Gasteiger partial charge in [-0.1, -0.05) is 0 Å². The molecule has 134 valence electrons. The molecule has 1 unspecified atom stereocenters. The van der Waals surface area contributed by atoms with Gasteiger partial charge in [-0.15, -0.1) is 0 Å². The number of rotatable bonds is 4. The minimum absolute atomic E-state index is 0.00972. The van der Waals surface area contributed by atoms with E-state index in [1.54, 1.807) is 6.92 Å². The van der Waals surface area contributed by atoms with E-state index in [0.29, 0.717) is 24.6 Å². The van der Waals surface area contributed by atoms with Crippen LogP contribution in [-0.4, -0.2) is 48.1 Å². The maximum Gasteiger partial charge on any atom is 0.251 e. The molecule has 2 amide bonds. The van der Waals surface area contributed by atoms with Crippen molar-refractivity contribution in [3.05, 3.63) is 29.3 Å². The van der Waals surface area contributed by atoms with Crippen molar-refractivity contribution in [2.24, 2.45) is 16.6 Å². The Morgan fingerprint density at radius 3 is 2.68 bits per heavy atom. The van der Waals surface area contributed by atoms with Crippen molar-refractivity contribution < 1.29 is 9.59 Å². The predicted octanol–water partition coefficient (Wildman–Crippen LogP) is 1.65. The lowest BCUT2D eigenvalue weighted by molar-refractivity contribution is -0.133. The van der Waals surface area contributed by atoms with Gasteiger partial charge in [0.15, 0.2) is 0 Å². The summed E-state index contributed by atoms with van der Waals surface area (Å²) in [5.41, 5.74) is 8.41. The van der Waals surface area contributed by atoms with Gasteiger partial charge >= 0.3 is 0 Å². The monoisotopic (exact) mass is 342 g/mol.